The number of rotatable bonds is 4. The molecule has 0 saturated carbocycles. The monoisotopic (exact) mass is 225 g/mol. The highest BCUT2D eigenvalue weighted by molar-refractivity contribution is 7.72. The molecule has 1 aliphatic heterocycles. The third kappa shape index (κ3) is 2.72. The molecule has 1 fully saturated rings. The minimum atomic E-state index is -2.25. The van der Waals surface area contributed by atoms with Crippen LogP contribution in [0.5, 0.6) is 0 Å². The van der Waals surface area contributed by atoms with Gasteiger partial charge < -0.3 is 4.90 Å². The zero-order chi connectivity index (χ0) is 10.7. The molecule has 0 aliphatic carbocycles. The molecule has 0 N–H and O–H groups in total. The van der Waals surface area contributed by atoms with Crippen molar-refractivity contribution in [2.75, 3.05) is 23.7 Å². The van der Waals surface area contributed by atoms with Crippen molar-refractivity contribution in [3.8, 4) is 0 Å². The molecule has 1 aliphatic rings. The quantitative estimate of drug-likeness (QED) is 0.778. The summed E-state index contributed by atoms with van der Waals surface area (Å²) in [5.74, 6) is 0.249. The van der Waals surface area contributed by atoms with Crippen LogP contribution in [0.1, 0.15) is 12.0 Å². The van der Waals surface area contributed by atoms with Crippen LogP contribution in [0.2, 0.25) is 0 Å². The lowest BCUT2D eigenvalue weighted by atomic mass is 10.1. The van der Waals surface area contributed by atoms with Crippen molar-refractivity contribution in [1.29, 1.82) is 0 Å². The van der Waals surface area contributed by atoms with Gasteiger partial charge in [0, 0.05) is 18.8 Å². The standard InChI is InChI=1S/C11H15NO2S/c13-15(14)8-5-10-3-1-4-11(9-10)12-6-2-7-12/h1,3-4,9,15H,2,5-8H2. The summed E-state index contributed by atoms with van der Waals surface area (Å²) in [6.07, 6.45) is 1.89. The van der Waals surface area contributed by atoms with Crippen LogP contribution in [0.3, 0.4) is 0 Å². The summed E-state index contributed by atoms with van der Waals surface area (Å²) in [6, 6.07) is 8.17. The maximum Gasteiger partial charge on any atom is 0.140 e. The van der Waals surface area contributed by atoms with E-state index < -0.39 is 10.7 Å². The van der Waals surface area contributed by atoms with Gasteiger partial charge in [0.15, 0.2) is 0 Å². The first-order chi connectivity index (χ1) is 7.25. The summed E-state index contributed by atoms with van der Waals surface area (Å²) in [4.78, 5) is 2.31. The Morgan fingerprint density at radius 3 is 2.67 bits per heavy atom. The lowest BCUT2D eigenvalue weighted by Gasteiger charge is -2.33. The number of benzene rings is 1. The number of hydrogen-bond acceptors (Lipinski definition) is 3. The number of aryl methyl sites for hydroxylation is 1. The second-order valence-corrected chi connectivity index (χ2v) is 4.93. The summed E-state index contributed by atoms with van der Waals surface area (Å²) >= 11 is 0. The van der Waals surface area contributed by atoms with Crippen LogP contribution in [0, 0.1) is 0 Å². The van der Waals surface area contributed by atoms with Crippen molar-refractivity contribution in [2.24, 2.45) is 0 Å². The maximum atomic E-state index is 10.5. The molecule has 1 aromatic carbocycles. The van der Waals surface area contributed by atoms with Gasteiger partial charge in [0.2, 0.25) is 0 Å². The van der Waals surface area contributed by atoms with Crippen molar-refractivity contribution >= 4 is 16.4 Å². The highest BCUT2D eigenvalue weighted by atomic mass is 32.2. The van der Waals surface area contributed by atoms with Gasteiger partial charge in [-0.25, -0.2) is 8.42 Å². The lowest BCUT2D eigenvalue weighted by molar-refractivity contribution is 0.613. The summed E-state index contributed by atoms with van der Waals surface area (Å²) in [5.41, 5.74) is 2.33. The summed E-state index contributed by atoms with van der Waals surface area (Å²) < 4.78 is 21.0. The van der Waals surface area contributed by atoms with Crippen molar-refractivity contribution in [2.45, 2.75) is 12.8 Å². The highest BCUT2D eigenvalue weighted by Crippen LogP contribution is 2.21. The summed E-state index contributed by atoms with van der Waals surface area (Å²) in [5, 5.41) is 0. The molecular weight excluding hydrogens is 210 g/mol. The Morgan fingerprint density at radius 1 is 1.27 bits per heavy atom. The average molecular weight is 225 g/mol. The van der Waals surface area contributed by atoms with E-state index in [0.29, 0.717) is 6.42 Å². The molecule has 82 valence electrons. The van der Waals surface area contributed by atoms with E-state index in [2.05, 4.69) is 17.0 Å². The van der Waals surface area contributed by atoms with E-state index >= 15 is 0 Å². The fourth-order valence-corrected chi connectivity index (χ4v) is 2.14. The molecule has 0 aromatic heterocycles. The number of hydrogen-bond donors (Lipinski definition) is 1. The van der Waals surface area contributed by atoms with E-state index in [1.54, 1.807) is 0 Å². The minimum Gasteiger partial charge on any atom is -0.371 e. The van der Waals surface area contributed by atoms with E-state index in [1.165, 1.54) is 12.1 Å². The van der Waals surface area contributed by atoms with Gasteiger partial charge in [0.1, 0.15) is 10.7 Å². The molecule has 1 aromatic rings. The van der Waals surface area contributed by atoms with Crippen molar-refractivity contribution in [3.05, 3.63) is 29.8 Å². The molecule has 15 heavy (non-hydrogen) atoms. The lowest BCUT2D eigenvalue weighted by Crippen LogP contribution is -2.36. The fraction of sp³-hybridized carbons (Fsp3) is 0.455. The van der Waals surface area contributed by atoms with Gasteiger partial charge in [-0.05, 0) is 30.5 Å². The SMILES string of the molecule is O=[SH](=O)CCc1cccc(N2CCC2)c1. The topological polar surface area (TPSA) is 37.4 Å². The third-order valence-electron chi connectivity index (χ3n) is 2.71. The van der Waals surface area contributed by atoms with E-state index in [-0.39, 0.29) is 5.75 Å². The molecule has 2 rings (SSSR count). The van der Waals surface area contributed by atoms with Crippen molar-refractivity contribution in [1.82, 2.24) is 0 Å². The molecule has 4 heteroatoms. The average Bonchev–Trinajstić information content (AvgIpc) is 2.13. The van der Waals surface area contributed by atoms with E-state index in [9.17, 15) is 8.42 Å². The van der Waals surface area contributed by atoms with Crippen LogP contribution in [-0.4, -0.2) is 27.3 Å². The van der Waals surface area contributed by atoms with Crippen LogP contribution in [0.15, 0.2) is 24.3 Å². The zero-order valence-electron chi connectivity index (χ0n) is 8.56. The van der Waals surface area contributed by atoms with Crippen LogP contribution < -0.4 is 4.90 Å². The molecule has 0 spiro atoms. The van der Waals surface area contributed by atoms with Crippen LogP contribution in [0.25, 0.3) is 0 Å². The van der Waals surface area contributed by atoms with Gasteiger partial charge in [0.25, 0.3) is 0 Å². The van der Waals surface area contributed by atoms with Crippen molar-refractivity contribution in [3.63, 3.8) is 0 Å². The number of nitrogens with zero attached hydrogens (tertiary/aromatic N) is 1. The third-order valence-corrected chi connectivity index (χ3v) is 3.30. The Labute approximate surface area is 91.7 Å². The second-order valence-electron chi connectivity index (χ2n) is 3.82. The van der Waals surface area contributed by atoms with Crippen molar-refractivity contribution < 1.29 is 8.42 Å². The van der Waals surface area contributed by atoms with Crippen LogP contribution in [-0.2, 0) is 17.1 Å². The molecule has 0 unspecified atom stereocenters. The van der Waals surface area contributed by atoms with E-state index in [4.69, 9.17) is 0 Å². The van der Waals surface area contributed by atoms with Gasteiger partial charge in [-0.1, -0.05) is 12.1 Å². The maximum absolute atomic E-state index is 10.5. The van der Waals surface area contributed by atoms with Gasteiger partial charge in [-0.15, -0.1) is 0 Å². The second kappa shape index (κ2) is 4.66. The van der Waals surface area contributed by atoms with Crippen LogP contribution in [0.4, 0.5) is 5.69 Å². The molecule has 0 amide bonds. The minimum absolute atomic E-state index is 0.249. The molecule has 0 atom stereocenters. The van der Waals surface area contributed by atoms with Gasteiger partial charge in [0.05, 0.1) is 5.75 Å². The predicted molar refractivity (Wildman–Crippen MR) is 62.2 cm³/mol. The van der Waals surface area contributed by atoms with Gasteiger partial charge in [-0.3, -0.25) is 0 Å². The Kier molecular flexibility index (Phi) is 3.26. The van der Waals surface area contributed by atoms with E-state index in [1.807, 2.05) is 12.1 Å². The largest absolute Gasteiger partial charge is 0.371 e. The molecular formula is C11H15NO2S. The Morgan fingerprint density at radius 2 is 2.07 bits per heavy atom. The number of thiol groups is 1. The number of anilines is 1. The molecule has 0 bridgehead atoms. The smallest absolute Gasteiger partial charge is 0.140 e. The van der Waals surface area contributed by atoms with Crippen LogP contribution >= 0.6 is 0 Å². The molecule has 1 heterocycles. The molecule has 0 radical (unpaired) electrons. The first kappa shape index (κ1) is 10.5. The van der Waals surface area contributed by atoms with Gasteiger partial charge >= 0.3 is 0 Å². The Balaban J connectivity index is 2.04. The normalized spacial score (nSPS) is 15.4. The first-order valence-electron chi connectivity index (χ1n) is 5.21. The molecule has 3 nitrogen and oxygen atoms in total. The highest BCUT2D eigenvalue weighted by Gasteiger charge is 2.13. The fourth-order valence-electron chi connectivity index (χ4n) is 1.70. The van der Waals surface area contributed by atoms with Gasteiger partial charge in [-0.2, -0.15) is 0 Å². The Hall–Kier alpha value is -1.03. The zero-order valence-corrected chi connectivity index (χ0v) is 9.45. The summed E-state index contributed by atoms with van der Waals surface area (Å²) in [7, 11) is -2.25. The summed E-state index contributed by atoms with van der Waals surface area (Å²) in [6.45, 7) is 2.25. The predicted octanol–water partition coefficient (Wildman–Crippen LogP) is 1.05. The Bertz CT molecular complexity index is 403. The van der Waals surface area contributed by atoms with E-state index in [0.717, 1.165) is 18.7 Å². The first-order valence-corrected chi connectivity index (χ1v) is 6.58. The molecule has 1 saturated heterocycles.